The lowest BCUT2D eigenvalue weighted by atomic mass is 9.94. The smallest absolute Gasteiger partial charge is 0.335 e. The Kier molecular flexibility index (Phi) is 3.88. The van der Waals surface area contributed by atoms with E-state index in [2.05, 4.69) is 12.1 Å². The SMILES string of the molecule is O=C(O)c1cc(C2=CCCN(C(=O)C3COC3)C2)cc(C2CC2)c1. The number of carbonyl (C=O) groups excluding carboxylic acids is 1. The molecule has 1 saturated carbocycles. The molecule has 0 bridgehead atoms. The number of carbonyl (C=O) groups is 2. The fourth-order valence-electron chi connectivity index (χ4n) is 3.39. The Morgan fingerprint density at radius 1 is 1.17 bits per heavy atom. The minimum absolute atomic E-state index is 0.00303. The zero-order valence-electron chi connectivity index (χ0n) is 13.5. The maximum atomic E-state index is 12.4. The van der Waals surface area contributed by atoms with Crippen LogP contribution >= 0.6 is 0 Å². The molecule has 0 aromatic heterocycles. The lowest BCUT2D eigenvalue weighted by molar-refractivity contribution is -0.149. The predicted molar refractivity (Wildman–Crippen MR) is 88.9 cm³/mol. The van der Waals surface area contributed by atoms with Gasteiger partial charge >= 0.3 is 5.97 Å². The molecule has 4 rings (SSSR count). The van der Waals surface area contributed by atoms with E-state index in [1.54, 1.807) is 12.1 Å². The molecule has 1 aliphatic carbocycles. The second kappa shape index (κ2) is 6.06. The number of carboxylic acids is 1. The van der Waals surface area contributed by atoms with Crippen LogP contribution in [0.15, 0.2) is 24.3 Å². The zero-order valence-corrected chi connectivity index (χ0v) is 13.5. The molecule has 2 heterocycles. The molecule has 5 heteroatoms. The van der Waals surface area contributed by atoms with Crippen LogP contribution in [0.25, 0.3) is 5.57 Å². The van der Waals surface area contributed by atoms with Gasteiger partial charge in [0.1, 0.15) is 0 Å². The van der Waals surface area contributed by atoms with Gasteiger partial charge in [-0.1, -0.05) is 12.1 Å². The van der Waals surface area contributed by atoms with Crippen molar-refractivity contribution < 1.29 is 19.4 Å². The number of nitrogens with zero attached hydrogens (tertiary/aromatic N) is 1. The van der Waals surface area contributed by atoms with Gasteiger partial charge in [0.05, 0.1) is 24.7 Å². The van der Waals surface area contributed by atoms with Crippen LogP contribution < -0.4 is 0 Å². The van der Waals surface area contributed by atoms with Crippen LogP contribution in [0.3, 0.4) is 0 Å². The number of amides is 1. The number of rotatable bonds is 4. The highest BCUT2D eigenvalue weighted by Crippen LogP contribution is 2.41. The number of ether oxygens (including phenoxy) is 1. The molecule has 2 fully saturated rings. The average molecular weight is 327 g/mol. The Bertz CT molecular complexity index is 716. The Hall–Kier alpha value is -2.14. The zero-order chi connectivity index (χ0) is 16.7. The number of aromatic carboxylic acids is 1. The summed E-state index contributed by atoms with van der Waals surface area (Å²) >= 11 is 0. The first kappa shape index (κ1) is 15.4. The summed E-state index contributed by atoms with van der Waals surface area (Å²) in [7, 11) is 0. The van der Waals surface area contributed by atoms with Crippen molar-refractivity contribution in [3.8, 4) is 0 Å². The first-order valence-corrected chi connectivity index (χ1v) is 8.56. The van der Waals surface area contributed by atoms with Gasteiger partial charge in [0, 0.05) is 13.1 Å². The van der Waals surface area contributed by atoms with Crippen LogP contribution in [0.2, 0.25) is 0 Å². The lowest BCUT2D eigenvalue weighted by Crippen LogP contribution is -2.46. The summed E-state index contributed by atoms with van der Waals surface area (Å²) in [6.45, 7) is 2.33. The van der Waals surface area contributed by atoms with Crippen LogP contribution in [-0.2, 0) is 9.53 Å². The second-order valence-corrected chi connectivity index (χ2v) is 6.94. The highest BCUT2D eigenvalue weighted by Gasteiger charge is 2.32. The number of carboxylic acid groups (broad SMARTS) is 1. The Morgan fingerprint density at radius 3 is 2.58 bits per heavy atom. The minimum Gasteiger partial charge on any atom is -0.478 e. The van der Waals surface area contributed by atoms with Gasteiger partial charge < -0.3 is 14.7 Å². The molecular weight excluding hydrogens is 306 g/mol. The van der Waals surface area contributed by atoms with Crippen molar-refractivity contribution in [1.29, 1.82) is 0 Å². The largest absolute Gasteiger partial charge is 0.478 e. The third-order valence-corrected chi connectivity index (χ3v) is 5.07. The third-order valence-electron chi connectivity index (χ3n) is 5.07. The Morgan fingerprint density at radius 2 is 1.96 bits per heavy atom. The molecular formula is C19H21NO4. The van der Waals surface area contributed by atoms with Crippen LogP contribution in [0, 0.1) is 5.92 Å². The molecule has 1 aromatic carbocycles. The standard InChI is InChI=1S/C19H21NO4/c21-18(17-10-24-11-17)20-5-1-2-13(9-20)15-6-14(12-3-4-12)7-16(8-15)19(22)23/h2,6-8,12,17H,1,3-5,9-11H2,(H,22,23). The molecule has 24 heavy (non-hydrogen) atoms. The summed E-state index contributed by atoms with van der Waals surface area (Å²) in [6, 6.07) is 5.64. The summed E-state index contributed by atoms with van der Waals surface area (Å²) in [5, 5.41) is 9.39. The van der Waals surface area contributed by atoms with Crippen molar-refractivity contribution in [1.82, 2.24) is 4.90 Å². The van der Waals surface area contributed by atoms with Gasteiger partial charge in [-0.3, -0.25) is 4.79 Å². The summed E-state index contributed by atoms with van der Waals surface area (Å²) in [5.74, 6) is -0.243. The van der Waals surface area contributed by atoms with Crippen LogP contribution in [0.1, 0.15) is 46.7 Å². The van der Waals surface area contributed by atoms with Gasteiger partial charge in [-0.15, -0.1) is 0 Å². The van der Waals surface area contributed by atoms with E-state index >= 15 is 0 Å². The van der Waals surface area contributed by atoms with E-state index in [1.807, 2.05) is 4.90 Å². The molecule has 1 saturated heterocycles. The summed E-state index contributed by atoms with van der Waals surface area (Å²) in [6.07, 6.45) is 5.21. The van der Waals surface area contributed by atoms with E-state index in [0.29, 0.717) is 31.2 Å². The molecule has 0 atom stereocenters. The van der Waals surface area contributed by atoms with Crippen molar-refractivity contribution >= 4 is 17.4 Å². The van der Waals surface area contributed by atoms with Gasteiger partial charge in [-0.05, 0) is 54.0 Å². The van der Waals surface area contributed by atoms with Gasteiger partial charge in [-0.2, -0.15) is 0 Å². The fourth-order valence-corrected chi connectivity index (χ4v) is 3.39. The van der Waals surface area contributed by atoms with E-state index in [1.165, 1.54) is 0 Å². The number of hydrogen-bond donors (Lipinski definition) is 1. The van der Waals surface area contributed by atoms with Crippen molar-refractivity contribution in [3.05, 3.63) is 41.0 Å². The molecule has 126 valence electrons. The highest BCUT2D eigenvalue weighted by molar-refractivity contribution is 5.90. The first-order valence-electron chi connectivity index (χ1n) is 8.56. The van der Waals surface area contributed by atoms with Crippen molar-refractivity contribution in [2.24, 2.45) is 5.92 Å². The topological polar surface area (TPSA) is 66.8 Å². The molecule has 1 aromatic rings. The van der Waals surface area contributed by atoms with Gasteiger partial charge in [0.2, 0.25) is 5.91 Å². The minimum atomic E-state index is -0.894. The molecule has 1 amide bonds. The van der Waals surface area contributed by atoms with E-state index in [4.69, 9.17) is 4.74 Å². The summed E-state index contributed by atoms with van der Waals surface area (Å²) in [5.41, 5.74) is 3.45. The first-order chi connectivity index (χ1) is 11.6. The van der Waals surface area contributed by atoms with Crippen LogP contribution in [0.4, 0.5) is 0 Å². The summed E-state index contributed by atoms with van der Waals surface area (Å²) < 4.78 is 5.12. The van der Waals surface area contributed by atoms with Gasteiger partial charge in [-0.25, -0.2) is 4.79 Å². The number of benzene rings is 1. The Labute approximate surface area is 140 Å². The maximum absolute atomic E-state index is 12.4. The van der Waals surface area contributed by atoms with Crippen LogP contribution in [-0.4, -0.2) is 48.2 Å². The molecule has 0 radical (unpaired) electrons. The molecule has 0 unspecified atom stereocenters. The Balaban J connectivity index is 1.59. The number of hydrogen-bond acceptors (Lipinski definition) is 3. The average Bonchev–Trinajstić information content (AvgIpc) is 3.38. The van der Waals surface area contributed by atoms with Gasteiger partial charge in [0.25, 0.3) is 0 Å². The van der Waals surface area contributed by atoms with E-state index < -0.39 is 5.97 Å². The van der Waals surface area contributed by atoms with Crippen molar-refractivity contribution in [3.63, 3.8) is 0 Å². The quantitative estimate of drug-likeness (QED) is 0.923. The normalized spacial score (nSPS) is 21.2. The van der Waals surface area contributed by atoms with E-state index in [-0.39, 0.29) is 11.8 Å². The molecule has 2 aliphatic heterocycles. The van der Waals surface area contributed by atoms with E-state index in [0.717, 1.165) is 42.5 Å². The van der Waals surface area contributed by atoms with Crippen molar-refractivity contribution in [2.75, 3.05) is 26.3 Å². The molecule has 5 nitrogen and oxygen atoms in total. The summed E-state index contributed by atoms with van der Waals surface area (Å²) in [4.78, 5) is 25.8. The van der Waals surface area contributed by atoms with Crippen LogP contribution in [0.5, 0.6) is 0 Å². The monoisotopic (exact) mass is 327 g/mol. The maximum Gasteiger partial charge on any atom is 0.335 e. The molecule has 0 spiro atoms. The van der Waals surface area contributed by atoms with Crippen molar-refractivity contribution in [2.45, 2.75) is 25.2 Å². The fraction of sp³-hybridized carbons (Fsp3) is 0.474. The molecule has 3 aliphatic rings. The molecule has 1 N–H and O–H groups in total. The lowest BCUT2D eigenvalue weighted by Gasteiger charge is -2.34. The highest BCUT2D eigenvalue weighted by atomic mass is 16.5. The van der Waals surface area contributed by atoms with E-state index in [9.17, 15) is 14.7 Å². The third kappa shape index (κ3) is 2.96. The van der Waals surface area contributed by atoms with Gasteiger partial charge in [0.15, 0.2) is 0 Å². The predicted octanol–water partition coefficient (Wildman–Crippen LogP) is 2.52. The second-order valence-electron chi connectivity index (χ2n) is 6.94.